The van der Waals surface area contributed by atoms with E-state index >= 15 is 0 Å². The molecule has 4 rings (SSSR count). The molecule has 0 spiro atoms. The van der Waals surface area contributed by atoms with Crippen molar-refractivity contribution in [3.8, 4) is 5.75 Å². The number of rotatable bonds is 7. The van der Waals surface area contributed by atoms with Gasteiger partial charge in [-0.2, -0.15) is 0 Å². The molecular weight excluding hydrogens is 362 g/mol. The fraction of sp³-hybridized carbons (Fsp3) is 0.240. The van der Waals surface area contributed by atoms with Crippen molar-refractivity contribution >= 4 is 27.8 Å². The van der Waals surface area contributed by atoms with Crippen LogP contribution in [0.4, 0.5) is 0 Å². The quantitative estimate of drug-likeness (QED) is 0.451. The maximum atomic E-state index is 11.5. The average Bonchev–Trinajstić information content (AvgIpc) is 3.03. The molecule has 0 saturated carbocycles. The van der Waals surface area contributed by atoms with E-state index in [0.29, 0.717) is 18.9 Å². The third kappa shape index (κ3) is 3.58. The van der Waals surface area contributed by atoms with Crippen LogP contribution in [0.3, 0.4) is 0 Å². The van der Waals surface area contributed by atoms with Gasteiger partial charge in [-0.1, -0.05) is 61.5 Å². The molecule has 148 valence electrons. The molecule has 0 unspecified atom stereocenters. The number of hydrogen-bond acceptors (Lipinski definition) is 2. The van der Waals surface area contributed by atoms with Crippen LogP contribution in [-0.2, 0) is 17.8 Å². The van der Waals surface area contributed by atoms with E-state index in [0.717, 1.165) is 34.0 Å². The van der Waals surface area contributed by atoms with Gasteiger partial charge in [-0.15, -0.1) is 0 Å². The van der Waals surface area contributed by atoms with E-state index in [1.54, 1.807) is 0 Å². The highest BCUT2D eigenvalue weighted by molar-refractivity contribution is 6.12. The molecule has 4 nitrogen and oxygen atoms in total. The number of aliphatic carboxylic acids is 1. The Morgan fingerprint density at radius 3 is 2.52 bits per heavy atom. The van der Waals surface area contributed by atoms with Crippen molar-refractivity contribution in [1.29, 1.82) is 0 Å². The molecule has 4 aromatic rings. The number of carboxylic acids is 1. The highest BCUT2D eigenvalue weighted by Gasteiger charge is 2.21. The van der Waals surface area contributed by atoms with Gasteiger partial charge in [0.05, 0.1) is 18.5 Å². The van der Waals surface area contributed by atoms with Gasteiger partial charge in [0, 0.05) is 28.4 Å². The van der Waals surface area contributed by atoms with Crippen LogP contribution in [0, 0.1) is 6.92 Å². The fourth-order valence-corrected chi connectivity index (χ4v) is 4.08. The molecule has 0 saturated heterocycles. The van der Waals surface area contributed by atoms with E-state index in [4.69, 9.17) is 4.74 Å². The summed E-state index contributed by atoms with van der Waals surface area (Å²) in [4.78, 5) is 11.5. The third-order valence-electron chi connectivity index (χ3n) is 5.24. The van der Waals surface area contributed by atoms with E-state index in [-0.39, 0.29) is 6.42 Å². The van der Waals surface area contributed by atoms with Crippen molar-refractivity contribution in [1.82, 2.24) is 4.57 Å². The summed E-state index contributed by atoms with van der Waals surface area (Å²) in [7, 11) is 0. The maximum Gasteiger partial charge on any atom is 0.307 e. The summed E-state index contributed by atoms with van der Waals surface area (Å²) < 4.78 is 8.45. The van der Waals surface area contributed by atoms with Crippen LogP contribution in [-0.4, -0.2) is 22.2 Å². The van der Waals surface area contributed by atoms with Crippen LogP contribution < -0.4 is 4.74 Å². The molecule has 3 aromatic carbocycles. The largest absolute Gasteiger partial charge is 0.491 e. The number of nitrogens with zero attached hydrogens (tertiary/aromatic N) is 1. The smallest absolute Gasteiger partial charge is 0.307 e. The minimum atomic E-state index is -0.851. The number of aromatic nitrogens is 1. The first kappa shape index (κ1) is 19.1. The Labute approximate surface area is 170 Å². The van der Waals surface area contributed by atoms with Gasteiger partial charge in [-0.3, -0.25) is 4.79 Å². The number of benzene rings is 3. The molecule has 0 bridgehead atoms. The van der Waals surface area contributed by atoms with Gasteiger partial charge < -0.3 is 14.4 Å². The van der Waals surface area contributed by atoms with Gasteiger partial charge in [-0.05, 0) is 30.5 Å². The van der Waals surface area contributed by atoms with Crippen molar-refractivity contribution in [2.24, 2.45) is 0 Å². The molecule has 1 aromatic heterocycles. The Kier molecular flexibility index (Phi) is 5.26. The number of carboxylic acid groups (broad SMARTS) is 1. The van der Waals surface area contributed by atoms with Gasteiger partial charge in [0.25, 0.3) is 0 Å². The van der Waals surface area contributed by atoms with E-state index in [1.807, 2.05) is 36.4 Å². The number of para-hydroxylation sites is 1. The summed E-state index contributed by atoms with van der Waals surface area (Å²) in [6, 6.07) is 20.6. The van der Waals surface area contributed by atoms with Crippen molar-refractivity contribution < 1.29 is 14.6 Å². The minimum absolute atomic E-state index is 0.0529. The number of carbonyl (C=O) groups is 1. The first-order valence-electron chi connectivity index (χ1n) is 10.0. The monoisotopic (exact) mass is 387 g/mol. The molecule has 0 atom stereocenters. The molecule has 0 fully saturated rings. The topological polar surface area (TPSA) is 51.5 Å². The number of aryl methyl sites for hydroxylation is 1. The van der Waals surface area contributed by atoms with E-state index in [1.165, 1.54) is 10.9 Å². The summed E-state index contributed by atoms with van der Waals surface area (Å²) in [6.07, 6.45) is 0.809. The number of ether oxygens (including phenoxy) is 1. The van der Waals surface area contributed by atoms with Crippen LogP contribution in [0.25, 0.3) is 21.8 Å². The van der Waals surface area contributed by atoms with Gasteiger partial charge in [-0.25, -0.2) is 0 Å². The lowest BCUT2D eigenvalue weighted by Crippen LogP contribution is -2.08. The molecule has 0 aliphatic heterocycles. The normalized spacial score (nSPS) is 11.2. The number of fused-ring (bicyclic) bond motifs is 3. The molecule has 0 amide bonds. The Balaban J connectivity index is 2.06. The van der Waals surface area contributed by atoms with Gasteiger partial charge in [0.15, 0.2) is 0 Å². The van der Waals surface area contributed by atoms with Crippen molar-refractivity contribution in [3.05, 3.63) is 77.4 Å². The molecule has 1 heterocycles. The SMILES string of the molecule is CCCOc1c(CC(=O)O)cc(C)c2c3ccccc3n(Cc3ccccc3)c12. The second-order valence-electron chi connectivity index (χ2n) is 7.41. The highest BCUT2D eigenvalue weighted by Crippen LogP contribution is 2.40. The first-order chi connectivity index (χ1) is 14.1. The van der Waals surface area contributed by atoms with Crippen LogP contribution in [0.5, 0.6) is 5.75 Å². The predicted molar refractivity (Wildman–Crippen MR) is 117 cm³/mol. The van der Waals surface area contributed by atoms with Crippen LogP contribution in [0.2, 0.25) is 0 Å². The van der Waals surface area contributed by atoms with Crippen molar-refractivity contribution in [3.63, 3.8) is 0 Å². The molecule has 29 heavy (non-hydrogen) atoms. The third-order valence-corrected chi connectivity index (χ3v) is 5.24. The lowest BCUT2D eigenvalue weighted by Gasteiger charge is -2.16. The molecule has 0 aliphatic carbocycles. The Bertz CT molecular complexity index is 1180. The Morgan fingerprint density at radius 2 is 1.79 bits per heavy atom. The predicted octanol–water partition coefficient (Wildman–Crippen LogP) is 5.57. The Hall–Kier alpha value is -3.27. The molecular formula is C25H25NO3. The van der Waals surface area contributed by atoms with E-state index in [2.05, 4.69) is 42.7 Å². The average molecular weight is 387 g/mol. The summed E-state index contributed by atoms with van der Waals surface area (Å²) in [6.45, 7) is 5.36. The van der Waals surface area contributed by atoms with Crippen molar-refractivity contribution in [2.75, 3.05) is 6.61 Å². The zero-order valence-electron chi connectivity index (χ0n) is 16.8. The second-order valence-corrected chi connectivity index (χ2v) is 7.41. The fourth-order valence-electron chi connectivity index (χ4n) is 4.08. The summed E-state index contributed by atoms with van der Waals surface area (Å²) in [5.74, 6) is -0.155. The zero-order valence-corrected chi connectivity index (χ0v) is 16.8. The highest BCUT2D eigenvalue weighted by atomic mass is 16.5. The van der Waals surface area contributed by atoms with Crippen LogP contribution in [0.1, 0.15) is 30.0 Å². The van der Waals surface area contributed by atoms with Gasteiger partial charge in [0.1, 0.15) is 5.75 Å². The van der Waals surface area contributed by atoms with Gasteiger partial charge >= 0.3 is 5.97 Å². The lowest BCUT2D eigenvalue weighted by atomic mass is 10.0. The summed E-state index contributed by atoms with van der Waals surface area (Å²) in [5.41, 5.74) is 5.11. The van der Waals surface area contributed by atoms with Crippen molar-refractivity contribution in [2.45, 2.75) is 33.2 Å². The van der Waals surface area contributed by atoms with Crippen LogP contribution >= 0.6 is 0 Å². The Morgan fingerprint density at radius 1 is 1.07 bits per heavy atom. The molecule has 1 N–H and O–H groups in total. The number of hydrogen-bond donors (Lipinski definition) is 1. The summed E-state index contributed by atoms with van der Waals surface area (Å²) >= 11 is 0. The lowest BCUT2D eigenvalue weighted by molar-refractivity contribution is -0.136. The molecule has 0 radical (unpaired) electrons. The maximum absolute atomic E-state index is 11.5. The zero-order chi connectivity index (χ0) is 20.4. The second kappa shape index (κ2) is 8.00. The van der Waals surface area contributed by atoms with Gasteiger partial charge in [0.2, 0.25) is 0 Å². The summed E-state index contributed by atoms with van der Waals surface area (Å²) in [5, 5.41) is 11.8. The van der Waals surface area contributed by atoms with Crippen LogP contribution in [0.15, 0.2) is 60.7 Å². The molecule has 4 heteroatoms. The minimum Gasteiger partial charge on any atom is -0.491 e. The van der Waals surface area contributed by atoms with E-state index in [9.17, 15) is 9.90 Å². The standard InChI is InChI=1S/C25H25NO3/c1-3-13-29-25-19(15-22(27)28)14-17(2)23-20-11-7-8-12-21(20)26(24(23)25)16-18-9-5-4-6-10-18/h4-12,14H,3,13,15-16H2,1-2H3,(H,27,28). The first-order valence-corrected chi connectivity index (χ1v) is 10.0. The molecule has 0 aliphatic rings. The van der Waals surface area contributed by atoms with E-state index < -0.39 is 5.97 Å².